The number of nitrogens with zero attached hydrogens (tertiary/aromatic N) is 4. The first-order valence-electron chi connectivity index (χ1n) is 9.22. The van der Waals surface area contributed by atoms with E-state index in [1.165, 1.54) is 32.1 Å². The van der Waals surface area contributed by atoms with Crippen LogP contribution >= 0.6 is 11.6 Å². The Morgan fingerprint density at radius 3 is 2.68 bits per heavy atom. The van der Waals surface area contributed by atoms with Crippen molar-refractivity contribution < 1.29 is 4.79 Å². The highest BCUT2D eigenvalue weighted by molar-refractivity contribution is 6.32. The van der Waals surface area contributed by atoms with Crippen LogP contribution in [0.5, 0.6) is 0 Å². The lowest BCUT2D eigenvalue weighted by atomic mass is 9.83. The monoisotopic (exact) mass is 358 g/mol. The van der Waals surface area contributed by atoms with Gasteiger partial charge in [0, 0.05) is 12.6 Å². The Labute approximate surface area is 153 Å². The van der Waals surface area contributed by atoms with Crippen molar-refractivity contribution in [3.8, 4) is 5.69 Å². The molecule has 1 atom stereocenters. The van der Waals surface area contributed by atoms with E-state index in [0.717, 1.165) is 25.1 Å². The third-order valence-corrected chi connectivity index (χ3v) is 5.89. The van der Waals surface area contributed by atoms with Gasteiger partial charge in [0.25, 0.3) is 5.91 Å². The van der Waals surface area contributed by atoms with Gasteiger partial charge in [-0.3, -0.25) is 4.79 Å². The van der Waals surface area contributed by atoms with Gasteiger partial charge in [-0.2, -0.15) is 0 Å². The van der Waals surface area contributed by atoms with Gasteiger partial charge >= 0.3 is 0 Å². The second-order valence-electron chi connectivity index (χ2n) is 7.11. The van der Waals surface area contributed by atoms with Crippen molar-refractivity contribution in [1.82, 2.24) is 19.9 Å². The molecule has 2 aliphatic rings. The molecule has 2 aromatic rings. The fraction of sp³-hybridized carbons (Fsp3) is 0.526. The zero-order valence-electron chi connectivity index (χ0n) is 14.3. The molecule has 1 aromatic carbocycles. The highest BCUT2D eigenvalue weighted by atomic mass is 35.5. The quantitative estimate of drug-likeness (QED) is 0.829. The van der Waals surface area contributed by atoms with Crippen LogP contribution < -0.4 is 0 Å². The summed E-state index contributed by atoms with van der Waals surface area (Å²) >= 11 is 6.22. The molecule has 0 N–H and O–H groups in total. The minimum Gasteiger partial charge on any atom is -0.334 e. The fourth-order valence-corrected chi connectivity index (χ4v) is 4.54. The van der Waals surface area contributed by atoms with Gasteiger partial charge in [0.05, 0.1) is 16.9 Å². The molecule has 132 valence electrons. The summed E-state index contributed by atoms with van der Waals surface area (Å²) in [5, 5.41) is 8.82. The van der Waals surface area contributed by atoms with Gasteiger partial charge in [0.2, 0.25) is 0 Å². The Morgan fingerprint density at radius 2 is 1.88 bits per heavy atom. The fourth-order valence-electron chi connectivity index (χ4n) is 4.32. The SMILES string of the molecule is O=C(c1cn(-c2ccccc2Cl)nn1)N1CCCC1C1CCCCC1. The molecule has 1 unspecified atom stereocenters. The first-order chi connectivity index (χ1) is 12.2. The predicted octanol–water partition coefficient (Wildman–Crippen LogP) is 4.11. The maximum Gasteiger partial charge on any atom is 0.276 e. The number of amides is 1. The Morgan fingerprint density at radius 1 is 1.08 bits per heavy atom. The Hall–Kier alpha value is -1.88. The Kier molecular flexibility index (Phi) is 4.75. The van der Waals surface area contributed by atoms with E-state index >= 15 is 0 Å². The molecule has 0 bridgehead atoms. The Bertz CT molecular complexity index is 753. The first kappa shape index (κ1) is 16.6. The molecule has 1 aliphatic carbocycles. The van der Waals surface area contributed by atoms with E-state index < -0.39 is 0 Å². The van der Waals surface area contributed by atoms with Gasteiger partial charge in [-0.25, -0.2) is 4.68 Å². The molecular formula is C19H23ClN4O. The van der Waals surface area contributed by atoms with Crippen molar-refractivity contribution in [2.75, 3.05) is 6.54 Å². The number of carbonyl (C=O) groups is 1. The number of rotatable bonds is 3. The summed E-state index contributed by atoms with van der Waals surface area (Å²) < 4.78 is 1.58. The van der Waals surface area contributed by atoms with Crippen molar-refractivity contribution in [1.29, 1.82) is 0 Å². The second-order valence-corrected chi connectivity index (χ2v) is 7.51. The van der Waals surface area contributed by atoms with Crippen LogP contribution in [0.4, 0.5) is 0 Å². The van der Waals surface area contributed by atoms with E-state index in [4.69, 9.17) is 11.6 Å². The van der Waals surface area contributed by atoms with Crippen LogP contribution in [-0.4, -0.2) is 38.4 Å². The number of hydrogen-bond donors (Lipinski definition) is 0. The van der Waals surface area contributed by atoms with E-state index in [2.05, 4.69) is 10.3 Å². The minimum absolute atomic E-state index is 0.00590. The maximum absolute atomic E-state index is 13.0. The summed E-state index contributed by atoms with van der Waals surface area (Å²) in [6.45, 7) is 0.832. The number of hydrogen-bond acceptors (Lipinski definition) is 3. The van der Waals surface area contributed by atoms with Crippen LogP contribution in [-0.2, 0) is 0 Å². The molecule has 1 aliphatic heterocycles. The summed E-state index contributed by atoms with van der Waals surface area (Å²) in [5.41, 5.74) is 1.14. The average molecular weight is 359 g/mol. The summed E-state index contributed by atoms with van der Waals surface area (Å²) in [7, 11) is 0. The zero-order valence-corrected chi connectivity index (χ0v) is 15.0. The topological polar surface area (TPSA) is 51.0 Å². The van der Waals surface area contributed by atoms with Gasteiger partial charge in [-0.05, 0) is 43.7 Å². The van der Waals surface area contributed by atoms with Crippen molar-refractivity contribution in [3.05, 3.63) is 41.2 Å². The van der Waals surface area contributed by atoms with Crippen LogP contribution in [0, 0.1) is 5.92 Å². The molecule has 4 rings (SSSR count). The van der Waals surface area contributed by atoms with Gasteiger partial charge in [-0.15, -0.1) is 5.10 Å². The van der Waals surface area contributed by atoms with Crippen molar-refractivity contribution in [2.24, 2.45) is 5.92 Å². The third-order valence-electron chi connectivity index (χ3n) is 5.57. The molecule has 1 aromatic heterocycles. The van der Waals surface area contributed by atoms with E-state index in [9.17, 15) is 4.79 Å². The number of carbonyl (C=O) groups excluding carboxylic acids is 1. The molecule has 5 nitrogen and oxygen atoms in total. The molecule has 1 saturated carbocycles. The van der Waals surface area contributed by atoms with Crippen LogP contribution in [0.15, 0.2) is 30.5 Å². The van der Waals surface area contributed by atoms with Crippen molar-refractivity contribution in [2.45, 2.75) is 51.0 Å². The van der Waals surface area contributed by atoms with E-state index in [-0.39, 0.29) is 5.91 Å². The lowest BCUT2D eigenvalue weighted by molar-refractivity contribution is 0.0655. The summed E-state index contributed by atoms with van der Waals surface area (Å²) in [5.74, 6) is 0.658. The van der Waals surface area contributed by atoms with E-state index in [1.807, 2.05) is 23.1 Å². The number of aromatic nitrogens is 3. The average Bonchev–Trinajstić information content (AvgIpc) is 3.32. The molecule has 6 heteroatoms. The molecule has 25 heavy (non-hydrogen) atoms. The largest absolute Gasteiger partial charge is 0.334 e. The smallest absolute Gasteiger partial charge is 0.276 e. The van der Waals surface area contributed by atoms with Crippen LogP contribution in [0.2, 0.25) is 5.02 Å². The highest BCUT2D eigenvalue weighted by Crippen LogP contribution is 2.34. The third kappa shape index (κ3) is 3.30. The minimum atomic E-state index is 0.00590. The Balaban J connectivity index is 1.53. The molecule has 2 heterocycles. The number of halogens is 1. The zero-order chi connectivity index (χ0) is 17.2. The van der Waals surface area contributed by atoms with Crippen LogP contribution in [0.25, 0.3) is 5.69 Å². The first-order valence-corrected chi connectivity index (χ1v) is 9.60. The lowest BCUT2D eigenvalue weighted by Gasteiger charge is -2.33. The number of benzene rings is 1. The lowest BCUT2D eigenvalue weighted by Crippen LogP contribution is -2.41. The molecule has 2 fully saturated rings. The highest BCUT2D eigenvalue weighted by Gasteiger charge is 2.36. The second kappa shape index (κ2) is 7.16. The summed E-state index contributed by atoms with van der Waals surface area (Å²) in [6.07, 6.45) is 10.3. The summed E-state index contributed by atoms with van der Waals surface area (Å²) in [6, 6.07) is 7.81. The van der Waals surface area contributed by atoms with E-state index in [1.54, 1.807) is 16.9 Å². The molecule has 0 spiro atoms. The molecule has 1 saturated heterocycles. The van der Waals surface area contributed by atoms with Crippen molar-refractivity contribution in [3.63, 3.8) is 0 Å². The maximum atomic E-state index is 13.0. The number of para-hydroxylation sites is 1. The predicted molar refractivity (Wildman–Crippen MR) is 97.0 cm³/mol. The van der Waals surface area contributed by atoms with Crippen molar-refractivity contribution >= 4 is 17.5 Å². The molecule has 0 radical (unpaired) electrons. The standard InChI is InChI=1S/C19H23ClN4O/c20-15-9-4-5-10-18(15)24-13-16(21-22-24)19(25)23-12-6-11-17(23)14-7-2-1-3-8-14/h4-5,9-10,13-14,17H,1-3,6-8,11-12H2. The summed E-state index contributed by atoms with van der Waals surface area (Å²) in [4.78, 5) is 15.0. The van der Waals surface area contributed by atoms with Gasteiger partial charge in [0.15, 0.2) is 5.69 Å². The number of likely N-dealkylation sites (tertiary alicyclic amines) is 1. The van der Waals surface area contributed by atoms with Crippen LogP contribution in [0.3, 0.4) is 0 Å². The van der Waals surface area contributed by atoms with E-state index in [0.29, 0.717) is 22.7 Å². The normalized spacial score (nSPS) is 21.6. The van der Waals surface area contributed by atoms with Gasteiger partial charge in [0.1, 0.15) is 0 Å². The molecular weight excluding hydrogens is 336 g/mol. The van der Waals surface area contributed by atoms with Crippen LogP contribution in [0.1, 0.15) is 55.4 Å². The molecule has 1 amide bonds. The van der Waals surface area contributed by atoms with Gasteiger partial charge in [-0.1, -0.05) is 48.2 Å². The van der Waals surface area contributed by atoms with Gasteiger partial charge < -0.3 is 4.90 Å².